The number of likely N-dealkylation sites (N-methyl/N-ethyl adjacent to an activating group) is 1. The lowest BCUT2D eigenvalue weighted by molar-refractivity contribution is -0.235. The molecule has 0 heterocycles. The van der Waals surface area contributed by atoms with Crippen LogP contribution >= 0.6 is 0 Å². The van der Waals surface area contributed by atoms with Crippen molar-refractivity contribution in [2.24, 2.45) is 56.2 Å². The third-order valence-corrected chi connectivity index (χ3v) is 16.5. The van der Waals surface area contributed by atoms with Gasteiger partial charge in [-0.3, -0.25) is 19.3 Å². The number of carboxylic acids is 1. The molecule has 4 fully saturated rings. The molecule has 5 aliphatic carbocycles. The number of fused-ring (bicyclic) bond motifs is 7. The van der Waals surface area contributed by atoms with E-state index in [2.05, 4.69) is 86.2 Å². The number of aliphatic carboxylic acids is 1. The fraction of sp³-hybridized carbons (Fsp3) is 0.886. The molecule has 0 spiro atoms. The highest BCUT2D eigenvalue weighted by Gasteiger charge is 2.71. The maximum absolute atomic E-state index is 14.1. The van der Waals surface area contributed by atoms with Gasteiger partial charge >= 0.3 is 11.9 Å². The van der Waals surface area contributed by atoms with E-state index in [-0.39, 0.29) is 51.8 Å². The van der Waals surface area contributed by atoms with E-state index in [4.69, 9.17) is 4.74 Å². The number of esters is 1. The number of allylic oxidation sites excluding steroid dienone is 1. The first-order valence-electron chi connectivity index (χ1n) is 20.7. The summed E-state index contributed by atoms with van der Waals surface area (Å²) in [5, 5.41) is 22.0. The van der Waals surface area contributed by atoms with Crippen LogP contribution in [0.1, 0.15) is 140 Å². The molecule has 0 saturated heterocycles. The molecular weight excluding hydrogens is 652 g/mol. The molecule has 8 heteroatoms. The Morgan fingerprint density at radius 3 is 2.12 bits per heavy atom. The van der Waals surface area contributed by atoms with Crippen LogP contribution < -0.4 is 0 Å². The first-order chi connectivity index (χ1) is 23.9. The first-order valence-corrected chi connectivity index (χ1v) is 20.7. The van der Waals surface area contributed by atoms with Crippen molar-refractivity contribution in [2.45, 2.75) is 159 Å². The number of hydrogen-bond acceptors (Lipinski definition) is 7. The van der Waals surface area contributed by atoms with Crippen LogP contribution in [0, 0.1) is 56.2 Å². The molecule has 0 bridgehead atoms. The van der Waals surface area contributed by atoms with Crippen molar-refractivity contribution >= 4 is 17.7 Å². The SMILES string of the molecule is CC(C)C1=C2[C@H]3CC[C@@H]4[C@@]5(C)CC[C@H](OC(=O)CC(C)(C)C(=O)O)C(C)(C)[C@@H]5CC[C@@]4(C)[C@]3(C)CC[C@@]2([C@@H](O)CN(CCN(C)C)C(C)C)CC1=O. The van der Waals surface area contributed by atoms with Crippen LogP contribution in [0.15, 0.2) is 11.1 Å². The zero-order chi connectivity index (χ0) is 39.0. The molecule has 5 rings (SSSR count). The van der Waals surface area contributed by atoms with Crippen LogP contribution in [0.5, 0.6) is 0 Å². The highest BCUT2D eigenvalue weighted by molar-refractivity contribution is 6.00. The number of nitrogens with zero attached hydrogens (tertiary/aromatic N) is 2. The van der Waals surface area contributed by atoms with Crippen molar-refractivity contribution in [3.05, 3.63) is 11.1 Å². The minimum atomic E-state index is -1.16. The Hall–Kier alpha value is -1.77. The maximum Gasteiger partial charge on any atom is 0.309 e. The molecule has 4 saturated carbocycles. The van der Waals surface area contributed by atoms with Gasteiger partial charge in [0.2, 0.25) is 0 Å². The van der Waals surface area contributed by atoms with Gasteiger partial charge in [0.25, 0.3) is 0 Å². The molecule has 0 amide bonds. The molecule has 52 heavy (non-hydrogen) atoms. The summed E-state index contributed by atoms with van der Waals surface area (Å²) in [5.74, 6) is 0.158. The van der Waals surface area contributed by atoms with Gasteiger partial charge < -0.3 is 19.8 Å². The van der Waals surface area contributed by atoms with Gasteiger partial charge in [0.05, 0.1) is 17.9 Å². The lowest BCUT2D eigenvalue weighted by atomic mass is 9.33. The number of carbonyl (C=O) groups excluding carboxylic acids is 2. The standard InChI is InChI=1S/C44H74N2O6/c1-27(2)36-30(47)24-44(33(48)26-46(28(3)4)23-22-45(12)13)21-20-42(10)29(37(36)44)14-15-32-41(9)18-17-34(52-35(49)25-39(5,6)38(50)51)40(7,8)31(41)16-19-43(32,42)11/h27-29,31-34,48H,14-26H2,1-13H3,(H,50,51)/t29-,31+,32-,33+,34+,41+,42-,43-,44+/m1/s1. The number of carboxylic acid groups (broad SMARTS) is 1. The van der Waals surface area contributed by atoms with Gasteiger partial charge in [-0.15, -0.1) is 0 Å². The van der Waals surface area contributed by atoms with Gasteiger partial charge in [0.15, 0.2) is 5.78 Å². The van der Waals surface area contributed by atoms with Crippen LogP contribution in [0.25, 0.3) is 0 Å². The van der Waals surface area contributed by atoms with Crippen LogP contribution in [-0.2, 0) is 19.1 Å². The number of rotatable bonds is 12. The number of Topliss-reactive ketones (excluding diaryl/α,β-unsaturated/α-hetero) is 1. The maximum atomic E-state index is 14.1. The minimum Gasteiger partial charge on any atom is -0.481 e. The minimum absolute atomic E-state index is 0.00569. The Labute approximate surface area is 315 Å². The molecule has 9 atom stereocenters. The van der Waals surface area contributed by atoms with Crippen LogP contribution in [-0.4, -0.2) is 89.7 Å². The largest absolute Gasteiger partial charge is 0.481 e. The van der Waals surface area contributed by atoms with Crippen molar-refractivity contribution in [3.63, 3.8) is 0 Å². The number of carbonyl (C=O) groups is 3. The zero-order valence-corrected chi connectivity index (χ0v) is 35.2. The number of aliphatic hydroxyl groups is 1. The number of ketones is 1. The van der Waals surface area contributed by atoms with Gasteiger partial charge in [-0.1, -0.05) is 54.0 Å². The second kappa shape index (κ2) is 14.1. The summed E-state index contributed by atoms with van der Waals surface area (Å²) < 4.78 is 6.18. The molecule has 5 aliphatic rings. The predicted molar refractivity (Wildman–Crippen MR) is 207 cm³/mol. The molecule has 0 unspecified atom stereocenters. The van der Waals surface area contributed by atoms with Gasteiger partial charge in [-0.05, 0) is 139 Å². The van der Waals surface area contributed by atoms with Crippen LogP contribution in [0.4, 0.5) is 0 Å². The summed E-state index contributed by atoms with van der Waals surface area (Å²) in [4.78, 5) is 43.6. The van der Waals surface area contributed by atoms with Gasteiger partial charge in [0, 0.05) is 42.9 Å². The molecule has 0 aromatic rings. The molecule has 0 aromatic heterocycles. The smallest absolute Gasteiger partial charge is 0.309 e. The highest BCUT2D eigenvalue weighted by atomic mass is 16.5. The summed E-state index contributed by atoms with van der Waals surface area (Å²) in [6.07, 6.45) is 7.46. The average molecular weight is 727 g/mol. The molecule has 0 radical (unpaired) electrons. The third kappa shape index (κ3) is 6.54. The van der Waals surface area contributed by atoms with E-state index in [0.717, 1.165) is 70.0 Å². The Balaban J connectivity index is 1.45. The van der Waals surface area contributed by atoms with E-state index in [0.29, 0.717) is 30.8 Å². The van der Waals surface area contributed by atoms with E-state index in [1.165, 1.54) is 5.57 Å². The fourth-order valence-electron chi connectivity index (χ4n) is 13.2. The molecule has 0 aromatic carbocycles. The lowest BCUT2D eigenvalue weighted by Crippen LogP contribution is -2.66. The van der Waals surface area contributed by atoms with E-state index < -0.39 is 28.9 Å². The molecular formula is C44H74N2O6. The van der Waals surface area contributed by atoms with Gasteiger partial charge in [-0.25, -0.2) is 0 Å². The number of ether oxygens (including phenoxy) is 1. The zero-order valence-electron chi connectivity index (χ0n) is 35.2. The van der Waals surface area contributed by atoms with E-state index in [1.807, 2.05) is 0 Å². The normalized spacial score (nSPS) is 37.9. The van der Waals surface area contributed by atoms with Crippen molar-refractivity contribution in [1.82, 2.24) is 9.80 Å². The lowest BCUT2D eigenvalue weighted by Gasteiger charge is -2.72. The Morgan fingerprint density at radius 1 is 0.885 bits per heavy atom. The molecule has 296 valence electrons. The predicted octanol–water partition coefficient (Wildman–Crippen LogP) is 8.01. The van der Waals surface area contributed by atoms with E-state index in [9.17, 15) is 24.6 Å². The van der Waals surface area contributed by atoms with Crippen molar-refractivity contribution in [2.75, 3.05) is 33.7 Å². The second-order valence-corrected chi connectivity index (χ2v) is 21.0. The Bertz CT molecular complexity index is 1430. The second-order valence-electron chi connectivity index (χ2n) is 21.0. The average Bonchev–Trinajstić information content (AvgIpc) is 3.33. The summed E-state index contributed by atoms with van der Waals surface area (Å²) in [5.41, 5.74) is 0.621. The molecule has 8 nitrogen and oxygen atoms in total. The monoisotopic (exact) mass is 727 g/mol. The van der Waals surface area contributed by atoms with Crippen molar-refractivity contribution < 1.29 is 29.3 Å². The third-order valence-electron chi connectivity index (χ3n) is 16.5. The van der Waals surface area contributed by atoms with Crippen molar-refractivity contribution in [1.29, 1.82) is 0 Å². The molecule has 2 N–H and O–H groups in total. The highest BCUT2D eigenvalue weighted by Crippen LogP contribution is 2.77. The Morgan fingerprint density at radius 2 is 1.54 bits per heavy atom. The number of aliphatic hydroxyl groups excluding tert-OH is 1. The van der Waals surface area contributed by atoms with E-state index >= 15 is 0 Å². The van der Waals surface area contributed by atoms with E-state index in [1.54, 1.807) is 13.8 Å². The summed E-state index contributed by atoms with van der Waals surface area (Å²) in [6.45, 7) is 26.6. The topological polar surface area (TPSA) is 107 Å². The van der Waals surface area contributed by atoms with Crippen LogP contribution in [0.2, 0.25) is 0 Å². The Kier molecular flexibility index (Phi) is 11.2. The fourth-order valence-corrected chi connectivity index (χ4v) is 13.2. The quantitative estimate of drug-likeness (QED) is 0.195. The number of hydrogen-bond donors (Lipinski definition) is 2. The van der Waals surface area contributed by atoms with Crippen molar-refractivity contribution in [3.8, 4) is 0 Å². The summed E-state index contributed by atoms with van der Waals surface area (Å²) in [6, 6.07) is 0.304. The first kappa shape index (κ1) is 41.4. The van der Waals surface area contributed by atoms with Gasteiger partial charge in [0.1, 0.15) is 6.10 Å². The molecule has 0 aliphatic heterocycles. The van der Waals surface area contributed by atoms with Crippen LogP contribution in [0.3, 0.4) is 0 Å². The summed E-state index contributed by atoms with van der Waals surface area (Å²) in [7, 11) is 4.19. The van der Waals surface area contributed by atoms with Gasteiger partial charge in [-0.2, -0.15) is 0 Å². The summed E-state index contributed by atoms with van der Waals surface area (Å²) >= 11 is 0.